The van der Waals surface area contributed by atoms with Crippen LogP contribution in [0.3, 0.4) is 0 Å². The Kier molecular flexibility index (Phi) is 5.89. The lowest BCUT2D eigenvalue weighted by atomic mass is 10.3. The molecule has 0 radical (unpaired) electrons. The number of aryl methyl sites for hydroxylation is 1. The van der Waals surface area contributed by atoms with Gasteiger partial charge in [-0.05, 0) is 31.2 Å². The number of esters is 1. The van der Waals surface area contributed by atoms with Gasteiger partial charge < -0.3 is 4.74 Å². The fourth-order valence-electron chi connectivity index (χ4n) is 1.65. The molecule has 2 aromatic rings. The highest BCUT2D eigenvalue weighted by molar-refractivity contribution is 8.00. The Labute approximate surface area is 140 Å². The molecule has 0 atom stereocenters. The van der Waals surface area contributed by atoms with Crippen molar-refractivity contribution in [2.75, 3.05) is 12.4 Å². The molecule has 6 nitrogen and oxygen atoms in total. The molecule has 2 rings (SSSR count). The first-order chi connectivity index (χ1) is 11.0. The largest absolute Gasteiger partial charge is 0.457 e. The molecule has 1 aromatic heterocycles. The molecule has 0 aliphatic rings. The fraction of sp³-hybridized carbons (Fsp3) is 0.200. The molecule has 0 aliphatic heterocycles. The van der Waals surface area contributed by atoms with Crippen molar-refractivity contribution in [3.05, 3.63) is 56.3 Å². The Morgan fingerprint density at radius 1 is 1.22 bits per heavy atom. The van der Waals surface area contributed by atoms with Gasteiger partial charge in [0.25, 0.3) is 5.69 Å². The number of ketones is 1. The number of non-ortho nitro benzene ring substituents is 1. The van der Waals surface area contributed by atoms with E-state index in [1.54, 1.807) is 18.2 Å². The number of ether oxygens (including phenoxy) is 1. The van der Waals surface area contributed by atoms with Crippen LogP contribution >= 0.6 is 23.1 Å². The molecule has 0 saturated heterocycles. The molecule has 8 heteroatoms. The Hall–Kier alpha value is -2.19. The van der Waals surface area contributed by atoms with Crippen molar-refractivity contribution in [3.8, 4) is 0 Å². The second-order valence-corrected chi connectivity index (χ2v) is 6.87. The number of nitro groups is 1. The predicted octanol–water partition coefficient (Wildman–Crippen LogP) is 3.48. The Morgan fingerprint density at radius 3 is 2.48 bits per heavy atom. The third-order valence-electron chi connectivity index (χ3n) is 2.78. The molecule has 0 N–H and O–H groups in total. The number of nitrogens with zero attached hydrogens (tertiary/aromatic N) is 1. The molecule has 0 spiro atoms. The monoisotopic (exact) mass is 351 g/mol. The molecule has 0 fully saturated rings. The highest BCUT2D eigenvalue weighted by Gasteiger charge is 2.12. The van der Waals surface area contributed by atoms with Crippen LogP contribution in [0.15, 0.2) is 41.3 Å². The number of hydrogen-bond acceptors (Lipinski definition) is 7. The van der Waals surface area contributed by atoms with Crippen LogP contribution in [0.25, 0.3) is 0 Å². The summed E-state index contributed by atoms with van der Waals surface area (Å²) in [5.41, 5.74) is -0.00577. The first-order valence-corrected chi connectivity index (χ1v) is 8.38. The number of carbonyl (C=O) groups excluding carboxylic acids is 2. The van der Waals surface area contributed by atoms with Crippen LogP contribution in [-0.4, -0.2) is 29.0 Å². The van der Waals surface area contributed by atoms with Gasteiger partial charge in [0.05, 0.1) is 15.6 Å². The standard InChI is InChI=1S/C15H13NO5S2/c1-10-2-7-14(23-10)13(17)8-21-15(18)9-22-12-5-3-11(4-6-12)16(19)20/h2-7H,8-9H2,1H3. The molecule has 0 amide bonds. The van der Waals surface area contributed by atoms with Crippen molar-refractivity contribution in [2.45, 2.75) is 11.8 Å². The summed E-state index contributed by atoms with van der Waals surface area (Å²) in [7, 11) is 0. The molecule has 0 bridgehead atoms. The first kappa shape index (κ1) is 17.2. The zero-order chi connectivity index (χ0) is 16.8. The van der Waals surface area contributed by atoms with Crippen molar-refractivity contribution in [2.24, 2.45) is 0 Å². The van der Waals surface area contributed by atoms with Crippen molar-refractivity contribution < 1.29 is 19.2 Å². The maximum absolute atomic E-state index is 11.8. The van der Waals surface area contributed by atoms with E-state index in [2.05, 4.69) is 0 Å². The van der Waals surface area contributed by atoms with Crippen LogP contribution in [0.2, 0.25) is 0 Å². The quantitative estimate of drug-likeness (QED) is 0.249. The van der Waals surface area contributed by atoms with Crippen LogP contribution in [-0.2, 0) is 9.53 Å². The summed E-state index contributed by atoms with van der Waals surface area (Å²) in [6, 6.07) is 9.42. The van der Waals surface area contributed by atoms with Crippen LogP contribution in [0.4, 0.5) is 5.69 Å². The summed E-state index contributed by atoms with van der Waals surface area (Å²) in [5, 5.41) is 10.5. The van der Waals surface area contributed by atoms with Gasteiger partial charge in [-0.25, -0.2) is 0 Å². The SMILES string of the molecule is Cc1ccc(C(=O)COC(=O)CSc2ccc([N+](=O)[O-])cc2)s1. The normalized spacial score (nSPS) is 10.3. The van der Waals surface area contributed by atoms with Crippen molar-refractivity contribution in [3.63, 3.8) is 0 Å². The van der Waals surface area contributed by atoms with Crippen LogP contribution in [0, 0.1) is 17.0 Å². The predicted molar refractivity (Wildman–Crippen MR) is 88.2 cm³/mol. The van der Waals surface area contributed by atoms with E-state index >= 15 is 0 Å². The van der Waals surface area contributed by atoms with E-state index in [0.29, 0.717) is 9.77 Å². The lowest BCUT2D eigenvalue weighted by Gasteiger charge is -2.03. The number of hydrogen-bond donors (Lipinski definition) is 0. The third kappa shape index (κ3) is 5.19. The number of thiophene rings is 1. The third-order valence-corrected chi connectivity index (χ3v) is 4.81. The van der Waals surface area contributed by atoms with Gasteiger partial charge in [-0.1, -0.05) is 0 Å². The molecule has 0 aliphatic carbocycles. The summed E-state index contributed by atoms with van der Waals surface area (Å²) >= 11 is 2.55. The molecule has 23 heavy (non-hydrogen) atoms. The summed E-state index contributed by atoms with van der Waals surface area (Å²) in [4.78, 5) is 35.8. The highest BCUT2D eigenvalue weighted by atomic mass is 32.2. The molecule has 0 saturated carbocycles. The maximum Gasteiger partial charge on any atom is 0.316 e. The second-order valence-electron chi connectivity index (χ2n) is 4.53. The number of thioether (sulfide) groups is 1. The van der Waals surface area contributed by atoms with Crippen molar-refractivity contribution in [1.82, 2.24) is 0 Å². The first-order valence-electron chi connectivity index (χ1n) is 6.58. The Morgan fingerprint density at radius 2 is 1.91 bits per heavy atom. The van der Waals surface area contributed by atoms with E-state index in [9.17, 15) is 19.7 Å². The molecule has 120 valence electrons. The minimum absolute atomic E-state index is 0.00577. The van der Waals surface area contributed by atoms with E-state index in [-0.39, 0.29) is 23.8 Å². The van der Waals surface area contributed by atoms with Gasteiger partial charge in [0.15, 0.2) is 6.61 Å². The van der Waals surface area contributed by atoms with Gasteiger partial charge in [-0.15, -0.1) is 23.1 Å². The summed E-state index contributed by atoms with van der Waals surface area (Å²) in [6.07, 6.45) is 0. The summed E-state index contributed by atoms with van der Waals surface area (Å²) in [5.74, 6) is -0.694. The molecule has 1 heterocycles. The minimum atomic E-state index is -0.505. The van der Waals surface area contributed by atoms with Gasteiger partial charge in [0.1, 0.15) is 0 Å². The summed E-state index contributed by atoms with van der Waals surface area (Å²) < 4.78 is 4.94. The second kappa shape index (κ2) is 7.89. The fourth-order valence-corrected chi connectivity index (χ4v) is 3.14. The zero-order valence-electron chi connectivity index (χ0n) is 12.2. The Bertz CT molecular complexity index is 724. The van der Waals surface area contributed by atoms with Crippen LogP contribution < -0.4 is 0 Å². The average Bonchev–Trinajstić information content (AvgIpc) is 2.97. The lowest BCUT2D eigenvalue weighted by molar-refractivity contribution is -0.384. The number of Topliss-reactive ketones (excluding diaryl/α,β-unsaturated/α-hetero) is 1. The van der Waals surface area contributed by atoms with E-state index < -0.39 is 10.9 Å². The number of carbonyl (C=O) groups is 2. The summed E-state index contributed by atoms with van der Waals surface area (Å²) in [6.45, 7) is 1.62. The molecule has 1 aromatic carbocycles. The van der Waals surface area contributed by atoms with E-state index in [1.807, 2.05) is 13.0 Å². The van der Waals surface area contributed by atoms with Gasteiger partial charge in [0.2, 0.25) is 5.78 Å². The average molecular weight is 351 g/mol. The van der Waals surface area contributed by atoms with Crippen molar-refractivity contribution in [1.29, 1.82) is 0 Å². The van der Waals surface area contributed by atoms with Crippen LogP contribution in [0.1, 0.15) is 14.5 Å². The maximum atomic E-state index is 11.8. The molecule has 0 unspecified atom stereocenters. The Balaban J connectivity index is 1.76. The minimum Gasteiger partial charge on any atom is -0.457 e. The van der Waals surface area contributed by atoms with Crippen molar-refractivity contribution >= 4 is 40.5 Å². The van der Waals surface area contributed by atoms with Gasteiger partial charge in [-0.2, -0.15) is 0 Å². The number of benzene rings is 1. The topological polar surface area (TPSA) is 86.5 Å². The lowest BCUT2D eigenvalue weighted by Crippen LogP contribution is -2.14. The van der Waals surface area contributed by atoms with Gasteiger partial charge in [0, 0.05) is 21.9 Å². The van der Waals surface area contributed by atoms with Crippen LogP contribution in [0.5, 0.6) is 0 Å². The molecular formula is C15H13NO5S2. The smallest absolute Gasteiger partial charge is 0.316 e. The van der Waals surface area contributed by atoms with E-state index in [1.165, 1.54) is 35.2 Å². The molecular weight excluding hydrogens is 338 g/mol. The van der Waals surface area contributed by atoms with E-state index in [0.717, 1.165) is 4.88 Å². The number of rotatable bonds is 7. The van der Waals surface area contributed by atoms with Gasteiger partial charge in [-0.3, -0.25) is 19.7 Å². The van der Waals surface area contributed by atoms with E-state index in [4.69, 9.17) is 4.74 Å². The number of nitro benzene ring substituents is 1. The van der Waals surface area contributed by atoms with Gasteiger partial charge >= 0.3 is 5.97 Å². The highest BCUT2D eigenvalue weighted by Crippen LogP contribution is 2.21. The zero-order valence-corrected chi connectivity index (χ0v) is 13.8.